The predicted octanol–water partition coefficient (Wildman–Crippen LogP) is 3.96. The van der Waals surface area contributed by atoms with Gasteiger partial charge in [-0.25, -0.2) is 0 Å². The second kappa shape index (κ2) is 5.01. The van der Waals surface area contributed by atoms with Crippen molar-refractivity contribution in [3.63, 3.8) is 0 Å². The molecule has 2 aliphatic rings. The quantitative estimate of drug-likeness (QED) is 0.409. The first-order chi connectivity index (χ1) is 8.76. The van der Waals surface area contributed by atoms with Crippen molar-refractivity contribution in [2.75, 3.05) is 0 Å². The van der Waals surface area contributed by atoms with E-state index in [1.807, 2.05) is 0 Å². The molecule has 3 atom stereocenters. The molecule has 2 aliphatic carbocycles. The maximum atomic E-state index is 12.2. The van der Waals surface area contributed by atoms with Gasteiger partial charge in [-0.05, 0) is 24.7 Å². The zero-order chi connectivity index (χ0) is 14.4. The third-order valence-electron chi connectivity index (χ3n) is 5.17. The Labute approximate surface area is 128 Å². The molecular formula is C15H20BrClO2. The average molecular weight is 348 g/mol. The van der Waals surface area contributed by atoms with E-state index >= 15 is 0 Å². The van der Waals surface area contributed by atoms with E-state index in [0.29, 0.717) is 24.8 Å². The van der Waals surface area contributed by atoms with Crippen molar-refractivity contribution < 1.29 is 9.90 Å². The Bertz CT molecular complexity index is 455. The Morgan fingerprint density at radius 1 is 1.53 bits per heavy atom. The van der Waals surface area contributed by atoms with Gasteiger partial charge < -0.3 is 5.11 Å². The number of carbonyl (C=O) groups is 1. The van der Waals surface area contributed by atoms with Crippen molar-refractivity contribution in [3.8, 4) is 0 Å². The van der Waals surface area contributed by atoms with Crippen LogP contribution in [0.5, 0.6) is 0 Å². The lowest BCUT2D eigenvalue weighted by molar-refractivity contribution is -0.123. The molecule has 0 amide bonds. The van der Waals surface area contributed by atoms with Gasteiger partial charge in [0.2, 0.25) is 0 Å². The Kier molecular flexibility index (Phi) is 4.03. The summed E-state index contributed by atoms with van der Waals surface area (Å²) >= 11 is 9.33. The molecule has 2 rings (SSSR count). The molecule has 0 aromatic carbocycles. The first-order valence-corrected chi connectivity index (χ1v) is 7.94. The summed E-state index contributed by atoms with van der Waals surface area (Å²) in [5.74, 6) is 0.117. The van der Waals surface area contributed by atoms with Crippen molar-refractivity contribution >= 4 is 33.3 Å². The van der Waals surface area contributed by atoms with Gasteiger partial charge in [-0.3, -0.25) is 4.79 Å². The van der Waals surface area contributed by atoms with E-state index in [2.05, 4.69) is 36.4 Å². The Hall–Kier alpha value is -0.120. The fourth-order valence-electron chi connectivity index (χ4n) is 3.68. The van der Waals surface area contributed by atoms with E-state index in [4.69, 9.17) is 11.6 Å². The number of allylic oxidation sites excluding steroid dienone is 1. The van der Waals surface area contributed by atoms with Crippen molar-refractivity contribution in [2.45, 2.75) is 50.5 Å². The van der Waals surface area contributed by atoms with Crippen molar-refractivity contribution in [3.05, 3.63) is 23.3 Å². The maximum Gasteiger partial charge on any atom is 0.160 e. The highest BCUT2D eigenvalue weighted by atomic mass is 79.9. The van der Waals surface area contributed by atoms with E-state index in [1.165, 1.54) is 5.54 Å². The maximum absolute atomic E-state index is 12.2. The SMILES string of the molecule is C=C1C[C@@H](O)[C@@H](Br)C(C)(C)[C@]12CC/C(=C/Cl)C(=O)C2. The number of rotatable bonds is 0. The number of carbonyl (C=O) groups excluding carboxylic acids is 1. The minimum atomic E-state index is -0.437. The van der Waals surface area contributed by atoms with Crippen LogP contribution in [0.15, 0.2) is 23.3 Å². The molecule has 2 nitrogen and oxygen atoms in total. The molecule has 4 heteroatoms. The molecule has 0 unspecified atom stereocenters. The van der Waals surface area contributed by atoms with Gasteiger partial charge in [-0.15, -0.1) is 0 Å². The lowest BCUT2D eigenvalue weighted by Gasteiger charge is -2.57. The summed E-state index contributed by atoms with van der Waals surface area (Å²) in [4.78, 5) is 12.2. The van der Waals surface area contributed by atoms with Crippen LogP contribution >= 0.6 is 27.5 Å². The van der Waals surface area contributed by atoms with E-state index < -0.39 is 6.10 Å². The van der Waals surface area contributed by atoms with E-state index in [-0.39, 0.29) is 21.4 Å². The Morgan fingerprint density at radius 2 is 2.16 bits per heavy atom. The third kappa shape index (κ3) is 2.14. The molecule has 0 bridgehead atoms. The molecule has 0 radical (unpaired) electrons. The average Bonchev–Trinajstić information content (AvgIpc) is 2.35. The van der Waals surface area contributed by atoms with Gasteiger partial charge in [0.25, 0.3) is 0 Å². The van der Waals surface area contributed by atoms with Gasteiger partial charge in [0, 0.05) is 27.8 Å². The van der Waals surface area contributed by atoms with Gasteiger partial charge in [-0.1, -0.05) is 53.5 Å². The molecule has 0 aromatic heterocycles. The van der Waals surface area contributed by atoms with Crippen LogP contribution in [-0.2, 0) is 4.79 Å². The summed E-state index contributed by atoms with van der Waals surface area (Å²) in [6, 6.07) is 0. The lowest BCUT2D eigenvalue weighted by atomic mass is 9.49. The molecule has 2 fully saturated rings. The fourth-order valence-corrected chi connectivity index (χ4v) is 4.54. The number of Topliss-reactive ketones (excluding diaryl/α,β-unsaturated/α-hetero) is 1. The summed E-state index contributed by atoms with van der Waals surface area (Å²) in [6.45, 7) is 8.40. The first kappa shape index (κ1) is 15.3. The molecular weight excluding hydrogens is 328 g/mol. The highest BCUT2D eigenvalue weighted by Crippen LogP contribution is 2.61. The minimum absolute atomic E-state index is 0.0279. The van der Waals surface area contributed by atoms with Crippen LogP contribution < -0.4 is 0 Å². The monoisotopic (exact) mass is 346 g/mol. The number of alkyl halides is 1. The van der Waals surface area contributed by atoms with Gasteiger partial charge in [0.15, 0.2) is 5.78 Å². The highest BCUT2D eigenvalue weighted by Gasteiger charge is 2.57. The minimum Gasteiger partial charge on any atom is -0.392 e. The number of hydrogen-bond donors (Lipinski definition) is 1. The summed E-state index contributed by atoms with van der Waals surface area (Å²) in [7, 11) is 0. The van der Waals surface area contributed by atoms with Crippen LogP contribution in [0.4, 0.5) is 0 Å². The summed E-state index contributed by atoms with van der Waals surface area (Å²) in [5, 5.41) is 10.1. The fraction of sp³-hybridized carbons (Fsp3) is 0.667. The molecule has 0 aromatic rings. The largest absolute Gasteiger partial charge is 0.392 e. The first-order valence-electron chi connectivity index (χ1n) is 6.59. The van der Waals surface area contributed by atoms with Crippen molar-refractivity contribution in [1.29, 1.82) is 0 Å². The predicted molar refractivity (Wildman–Crippen MR) is 81.5 cm³/mol. The smallest absolute Gasteiger partial charge is 0.160 e. The van der Waals surface area contributed by atoms with Crippen LogP contribution in [0, 0.1) is 10.8 Å². The van der Waals surface area contributed by atoms with Gasteiger partial charge in [0.05, 0.1) is 6.10 Å². The zero-order valence-corrected chi connectivity index (χ0v) is 13.7. The number of halogens is 2. The van der Waals surface area contributed by atoms with E-state index in [1.54, 1.807) is 0 Å². The molecule has 0 saturated heterocycles. The summed E-state index contributed by atoms with van der Waals surface area (Å²) < 4.78 is 0. The standard InChI is InChI=1S/C15H20BrClO2/c1-9-6-11(18)13(16)14(2,3)15(9)5-4-10(8-17)12(19)7-15/h8,11,13,18H,1,4-7H2,2-3H3/b10-8-/t11-,13-,15+/m1/s1. The molecule has 0 heterocycles. The zero-order valence-electron chi connectivity index (χ0n) is 11.4. The van der Waals surface area contributed by atoms with Crippen LogP contribution in [0.3, 0.4) is 0 Å². The number of hydrogen-bond acceptors (Lipinski definition) is 2. The highest BCUT2D eigenvalue weighted by molar-refractivity contribution is 9.09. The molecule has 19 heavy (non-hydrogen) atoms. The van der Waals surface area contributed by atoms with Crippen molar-refractivity contribution in [1.82, 2.24) is 0 Å². The van der Waals surface area contributed by atoms with Gasteiger partial charge >= 0.3 is 0 Å². The van der Waals surface area contributed by atoms with Crippen LogP contribution in [0.2, 0.25) is 0 Å². The molecule has 1 spiro atoms. The third-order valence-corrected chi connectivity index (χ3v) is 7.18. The second-order valence-electron chi connectivity index (χ2n) is 6.31. The van der Waals surface area contributed by atoms with Crippen LogP contribution in [0.25, 0.3) is 0 Å². The molecule has 2 saturated carbocycles. The summed E-state index contributed by atoms with van der Waals surface area (Å²) in [5.41, 5.74) is 2.68. The lowest BCUT2D eigenvalue weighted by Crippen LogP contribution is -2.55. The Balaban J connectivity index is 2.42. The summed E-state index contributed by atoms with van der Waals surface area (Å²) in [6.07, 6.45) is 2.14. The second-order valence-corrected chi connectivity index (χ2v) is 7.52. The molecule has 1 N–H and O–H groups in total. The van der Waals surface area contributed by atoms with E-state index in [9.17, 15) is 9.90 Å². The normalized spacial score (nSPS) is 41.0. The van der Waals surface area contributed by atoms with Gasteiger partial charge in [0.1, 0.15) is 0 Å². The Morgan fingerprint density at radius 3 is 2.68 bits per heavy atom. The number of aliphatic hydroxyl groups is 1. The van der Waals surface area contributed by atoms with Crippen LogP contribution in [-0.4, -0.2) is 21.8 Å². The topological polar surface area (TPSA) is 37.3 Å². The van der Waals surface area contributed by atoms with Crippen molar-refractivity contribution in [2.24, 2.45) is 10.8 Å². The van der Waals surface area contributed by atoms with Crippen LogP contribution in [0.1, 0.15) is 39.5 Å². The van der Waals surface area contributed by atoms with E-state index in [0.717, 1.165) is 12.0 Å². The molecule has 106 valence electrons. The number of ketones is 1. The van der Waals surface area contributed by atoms with Gasteiger partial charge in [-0.2, -0.15) is 0 Å². The molecule has 0 aliphatic heterocycles. The number of aliphatic hydroxyl groups excluding tert-OH is 1.